The smallest absolute Gasteiger partial charge is 0.357 e. The lowest BCUT2D eigenvalue weighted by Gasteiger charge is -2.48. The van der Waals surface area contributed by atoms with Crippen LogP contribution in [-0.2, 0) is 6.18 Å². The van der Waals surface area contributed by atoms with Crippen LogP contribution in [0.4, 0.5) is 18.3 Å². The van der Waals surface area contributed by atoms with Gasteiger partial charge in [-0.25, -0.2) is 0 Å². The van der Waals surface area contributed by atoms with E-state index in [1.54, 1.807) is 0 Å². The number of nitrogens with one attached hydrogen (secondary N) is 2. The van der Waals surface area contributed by atoms with Crippen LogP contribution in [0.3, 0.4) is 0 Å². The number of halogens is 3. The topological polar surface area (TPSA) is 49.8 Å². The van der Waals surface area contributed by atoms with E-state index < -0.39 is 11.2 Å². The van der Waals surface area contributed by atoms with Crippen LogP contribution in [0.15, 0.2) is 0 Å². The van der Waals surface area contributed by atoms with Crippen molar-refractivity contribution in [1.29, 1.82) is 0 Å². The molecule has 1 aromatic rings. The zero-order valence-corrected chi connectivity index (χ0v) is 11.1. The summed E-state index contributed by atoms with van der Waals surface area (Å²) < 4.78 is 37.3. The number of hydrogen-bond donors (Lipinski definition) is 2. The molecule has 1 spiro atoms. The maximum atomic E-state index is 12.4. The molecule has 3 rings (SSSR count). The van der Waals surface area contributed by atoms with E-state index in [9.17, 15) is 13.2 Å². The highest BCUT2D eigenvalue weighted by Crippen LogP contribution is 2.39. The number of alkyl halides is 3. The molecule has 2 heterocycles. The summed E-state index contributed by atoms with van der Waals surface area (Å²) in [5, 5.41) is 12.8. The molecule has 0 radical (unpaired) electrons. The zero-order valence-electron chi connectivity index (χ0n) is 10.3. The van der Waals surface area contributed by atoms with Crippen molar-refractivity contribution in [3.05, 3.63) is 5.01 Å². The summed E-state index contributed by atoms with van der Waals surface area (Å²) in [5.41, 5.74) is 0.216. The van der Waals surface area contributed by atoms with E-state index in [0.29, 0.717) is 11.3 Å². The van der Waals surface area contributed by atoms with E-state index in [2.05, 4.69) is 20.8 Å². The van der Waals surface area contributed by atoms with Crippen molar-refractivity contribution in [3.63, 3.8) is 0 Å². The SMILES string of the molecule is FC(F)(F)c1nnc(NC2CCNC3(CCC3)C2)s1. The van der Waals surface area contributed by atoms with Crippen molar-refractivity contribution in [1.82, 2.24) is 15.5 Å². The molecule has 2 fully saturated rings. The van der Waals surface area contributed by atoms with Gasteiger partial charge in [0, 0.05) is 11.6 Å². The molecule has 1 atom stereocenters. The highest BCUT2D eigenvalue weighted by Gasteiger charge is 2.41. The molecule has 19 heavy (non-hydrogen) atoms. The third kappa shape index (κ3) is 2.69. The van der Waals surface area contributed by atoms with Gasteiger partial charge in [0.25, 0.3) is 0 Å². The van der Waals surface area contributed by atoms with Crippen LogP contribution < -0.4 is 10.6 Å². The Bertz CT molecular complexity index is 455. The highest BCUT2D eigenvalue weighted by molar-refractivity contribution is 7.15. The Balaban J connectivity index is 1.63. The van der Waals surface area contributed by atoms with Gasteiger partial charge in [0.05, 0.1) is 0 Å². The van der Waals surface area contributed by atoms with Gasteiger partial charge in [-0.3, -0.25) is 0 Å². The molecule has 1 unspecified atom stereocenters. The third-order valence-electron chi connectivity index (χ3n) is 3.94. The second-order valence-corrected chi connectivity index (χ2v) is 6.28. The van der Waals surface area contributed by atoms with Gasteiger partial charge in [0.2, 0.25) is 10.1 Å². The van der Waals surface area contributed by atoms with E-state index in [1.165, 1.54) is 6.42 Å². The van der Waals surface area contributed by atoms with Crippen molar-refractivity contribution in [2.24, 2.45) is 0 Å². The lowest BCUT2D eigenvalue weighted by atomic mass is 9.70. The van der Waals surface area contributed by atoms with Crippen LogP contribution >= 0.6 is 11.3 Å². The fourth-order valence-corrected chi connectivity index (χ4v) is 3.52. The Morgan fingerprint density at radius 3 is 2.68 bits per heavy atom. The first-order valence-electron chi connectivity index (χ1n) is 6.39. The number of rotatable bonds is 2. The molecule has 2 aliphatic rings. The van der Waals surface area contributed by atoms with Crippen molar-refractivity contribution in [2.45, 2.75) is 49.9 Å². The quantitative estimate of drug-likeness (QED) is 0.880. The van der Waals surface area contributed by atoms with Gasteiger partial charge >= 0.3 is 6.18 Å². The van der Waals surface area contributed by atoms with Gasteiger partial charge in [-0.2, -0.15) is 13.2 Å². The monoisotopic (exact) mass is 292 g/mol. The van der Waals surface area contributed by atoms with Crippen LogP contribution in [0, 0.1) is 0 Å². The minimum atomic E-state index is -4.40. The van der Waals surface area contributed by atoms with Crippen LogP contribution in [0.5, 0.6) is 0 Å². The van der Waals surface area contributed by atoms with Crippen LogP contribution in [0.2, 0.25) is 0 Å². The van der Waals surface area contributed by atoms with Crippen LogP contribution in [0.25, 0.3) is 0 Å². The molecule has 106 valence electrons. The minimum absolute atomic E-state index is 0.190. The molecule has 1 aromatic heterocycles. The average molecular weight is 292 g/mol. The first-order valence-corrected chi connectivity index (χ1v) is 7.21. The second-order valence-electron chi connectivity index (χ2n) is 5.30. The average Bonchev–Trinajstić information content (AvgIpc) is 2.75. The summed E-state index contributed by atoms with van der Waals surface area (Å²) >= 11 is 0.580. The number of aromatic nitrogens is 2. The van der Waals surface area contributed by atoms with Gasteiger partial charge in [0.15, 0.2) is 0 Å². The fraction of sp³-hybridized carbons (Fsp3) is 0.818. The predicted molar refractivity (Wildman–Crippen MR) is 66.1 cm³/mol. The number of anilines is 1. The summed E-state index contributed by atoms with van der Waals surface area (Å²) in [5.74, 6) is 0. The Morgan fingerprint density at radius 2 is 2.11 bits per heavy atom. The number of hydrogen-bond acceptors (Lipinski definition) is 5. The molecule has 1 aliphatic heterocycles. The number of nitrogens with zero attached hydrogens (tertiary/aromatic N) is 2. The van der Waals surface area contributed by atoms with E-state index in [-0.39, 0.29) is 16.7 Å². The van der Waals surface area contributed by atoms with Crippen molar-refractivity contribution < 1.29 is 13.2 Å². The van der Waals surface area contributed by atoms with Gasteiger partial charge in [0.1, 0.15) is 0 Å². The van der Waals surface area contributed by atoms with Crippen molar-refractivity contribution in [3.8, 4) is 0 Å². The van der Waals surface area contributed by atoms with E-state index in [0.717, 1.165) is 32.2 Å². The molecular weight excluding hydrogens is 277 g/mol. The summed E-state index contributed by atoms with van der Waals surface area (Å²) in [7, 11) is 0. The second kappa shape index (κ2) is 4.59. The fourth-order valence-electron chi connectivity index (χ4n) is 2.84. The maximum absolute atomic E-state index is 12.4. The lowest BCUT2D eigenvalue weighted by Crippen LogP contribution is -2.58. The Morgan fingerprint density at radius 1 is 1.32 bits per heavy atom. The van der Waals surface area contributed by atoms with Crippen LogP contribution in [-0.4, -0.2) is 28.3 Å². The predicted octanol–water partition coefficient (Wildman–Crippen LogP) is 2.64. The maximum Gasteiger partial charge on any atom is 0.445 e. The zero-order chi connectivity index (χ0) is 13.5. The Kier molecular flexibility index (Phi) is 3.17. The van der Waals surface area contributed by atoms with Gasteiger partial charge in [-0.15, -0.1) is 10.2 Å². The summed E-state index contributed by atoms with van der Waals surface area (Å²) in [4.78, 5) is 0. The summed E-state index contributed by atoms with van der Waals surface area (Å²) in [6, 6.07) is 0.190. The molecule has 1 aliphatic carbocycles. The Labute approximate surface area is 112 Å². The molecule has 1 saturated carbocycles. The largest absolute Gasteiger partial charge is 0.445 e. The van der Waals surface area contributed by atoms with Gasteiger partial charge < -0.3 is 10.6 Å². The first-order chi connectivity index (χ1) is 8.97. The Hall–Kier alpha value is -0.890. The van der Waals surface area contributed by atoms with Gasteiger partial charge in [-0.1, -0.05) is 11.3 Å². The van der Waals surface area contributed by atoms with Crippen molar-refractivity contribution in [2.75, 3.05) is 11.9 Å². The molecular formula is C11H15F3N4S. The minimum Gasteiger partial charge on any atom is -0.357 e. The number of piperidine rings is 1. The van der Waals surface area contributed by atoms with E-state index >= 15 is 0 Å². The summed E-state index contributed by atoms with van der Waals surface area (Å²) in [6.07, 6.45) is 1.01. The van der Waals surface area contributed by atoms with E-state index in [4.69, 9.17) is 0 Å². The van der Waals surface area contributed by atoms with Gasteiger partial charge in [-0.05, 0) is 38.6 Å². The van der Waals surface area contributed by atoms with Crippen LogP contribution in [0.1, 0.15) is 37.1 Å². The highest BCUT2D eigenvalue weighted by atomic mass is 32.1. The lowest BCUT2D eigenvalue weighted by molar-refractivity contribution is -0.138. The molecule has 4 nitrogen and oxygen atoms in total. The standard InChI is InChI=1S/C11H15F3N4S/c12-11(13,14)8-17-18-9(19-8)16-7-2-5-15-10(6-7)3-1-4-10/h7,15H,1-6H2,(H,16,18). The normalized spacial score (nSPS) is 26.2. The third-order valence-corrected chi connectivity index (χ3v) is 4.83. The molecule has 8 heteroatoms. The molecule has 0 bridgehead atoms. The first kappa shape index (κ1) is 13.1. The van der Waals surface area contributed by atoms with Crippen molar-refractivity contribution >= 4 is 16.5 Å². The molecule has 2 N–H and O–H groups in total. The summed E-state index contributed by atoms with van der Waals surface area (Å²) in [6.45, 7) is 0.905. The molecule has 0 aromatic carbocycles. The molecule has 0 amide bonds. The van der Waals surface area contributed by atoms with E-state index in [1.807, 2.05) is 0 Å². The molecule has 1 saturated heterocycles.